The molecule has 0 amide bonds. The monoisotopic (exact) mass is 386 g/mol. The van der Waals surface area contributed by atoms with Gasteiger partial charge in [-0.15, -0.1) is 11.3 Å². The van der Waals surface area contributed by atoms with Gasteiger partial charge in [0, 0.05) is 20.2 Å². The molecule has 1 fully saturated rings. The summed E-state index contributed by atoms with van der Waals surface area (Å²) in [4.78, 5) is 0. The first kappa shape index (κ1) is 17.5. The lowest BCUT2D eigenvalue weighted by atomic mass is 9.91. The molecular weight excluding hydrogens is 364 g/mol. The number of thiophene rings is 1. The molecule has 2 aromatic carbocycles. The van der Waals surface area contributed by atoms with Crippen molar-refractivity contribution in [3.63, 3.8) is 0 Å². The zero-order valence-electron chi connectivity index (χ0n) is 15.3. The molecule has 0 unspecified atom stereocenters. The van der Waals surface area contributed by atoms with Crippen molar-refractivity contribution in [1.82, 2.24) is 5.32 Å². The number of rotatable bonds is 1. The second-order valence-electron chi connectivity index (χ2n) is 7.91. The van der Waals surface area contributed by atoms with Crippen molar-refractivity contribution in [3.05, 3.63) is 47.5 Å². The SMILES string of the molecule is Cc1ccc2sc3ccc([C@]4(C)CS(=O)(=O)C(C)(C)C(=N)N4)cc3c2c1. The summed E-state index contributed by atoms with van der Waals surface area (Å²) in [5.74, 6) is 0.0273. The van der Waals surface area contributed by atoms with Gasteiger partial charge < -0.3 is 5.32 Å². The molecule has 1 aromatic heterocycles. The summed E-state index contributed by atoms with van der Waals surface area (Å²) in [6.07, 6.45) is 0. The molecule has 2 N–H and O–H groups in total. The second kappa shape index (κ2) is 5.30. The van der Waals surface area contributed by atoms with Crippen molar-refractivity contribution in [3.8, 4) is 0 Å². The van der Waals surface area contributed by atoms with Gasteiger partial charge in [-0.05, 0) is 57.5 Å². The maximum Gasteiger partial charge on any atom is 0.165 e. The normalized spacial score (nSPS) is 24.7. The highest BCUT2D eigenvalue weighted by Crippen LogP contribution is 2.39. The van der Waals surface area contributed by atoms with Crippen LogP contribution in [0, 0.1) is 12.3 Å². The zero-order valence-corrected chi connectivity index (χ0v) is 16.9. The van der Waals surface area contributed by atoms with Crippen LogP contribution in [0.5, 0.6) is 0 Å². The number of hydrogen-bond donors (Lipinski definition) is 2. The quantitative estimate of drug-likeness (QED) is 0.653. The number of nitrogens with one attached hydrogen (secondary N) is 2. The van der Waals surface area contributed by atoms with Crippen molar-refractivity contribution in [2.75, 3.05) is 5.75 Å². The summed E-state index contributed by atoms with van der Waals surface area (Å²) >= 11 is 1.74. The summed E-state index contributed by atoms with van der Waals surface area (Å²) in [5.41, 5.74) is 1.29. The summed E-state index contributed by atoms with van der Waals surface area (Å²) in [5, 5.41) is 13.8. The van der Waals surface area contributed by atoms with Crippen LogP contribution in [0.2, 0.25) is 0 Å². The first-order chi connectivity index (χ1) is 12.0. The number of benzene rings is 2. The first-order valence-electron chi connectivity index (χ1n) is 8.56. The number of sulfone groups is 1. The molecule has 136 valence electrons. The number of aryl methyl sites for hydroxylation is 1. The zero-order chi connectivity index (χ0) is 18.9. The van der Waals surface area contributed by atoms with E-state index in [2.05, 4.69) is 42.6 Å². The summed E-state index contributed by atoms with van der Waals surface area (Å²) < 4.78 is 26.8. The van der Waals surface area contributed by atoms with Gasteiger partial charge in [-0.2, -0.15) is 0 Å². The standard InChI is InChI=1S/C20H22N2O2S2/c1-12-5-7-16-14(9-12)15-10-13(6-8-17(15)25-16)20(4)11-26(23,24)19(2,3)18(21)22-20/h5-10H,11H2,1-4H3,(H2,21,22)/t20-/m0/s1. The largest absolute Gasteiger partial charge is 0.362 e. The third-order valence-electron chi connectivity index (χ3n) is 5.52. The van der Waals surface area contributed by atoms with Gasteiger partial charge in [0.15, 0.2) is 9.84 Å². The van der Waals surface area contributed by atoms with E-state index in [-0.39, 0.29) is 11.6 Å². The Morgan fingerprint density at radius 1 is 1.04 bits per heavy atom. The van der Waals surface area contributed by atoms with Gasteiger partial charge in [0.1, 0.15) is 10.6 Å². The molecule has 0 saturated carbocycles. The molecule has 0 aliphatic carbocycles. The molecule has 26 heavy (non-hydrogen) atoms. The van der Waals surface area contributed by atoms with E-state index in [4.69, 9.17) is 5.41 Å². The van der Waals surface area contributed by atoms with Gasteiger partial charge in [-0.1, -0.05) is 17.7 Å². The molecule has 0 spiro atoms. The van der Waals surface area contributed by atoms with E-state index in [1.54, 1.807) is 25.2 Å². The van der Waals surface area contributed by atoms with Crippen molar-refractivity contribution in [1.29, 1.82) is 5.41 Å². The molecule has 3 aromatic rings. The van der Waals surface area contributed by atoms with Crippen LogP contribution in [-0.4, -0.2) is 24.8 Å². The van der Waals surface area contributed by atoms with Gasteiger partial charge in [-0.25, -0.2) is 8.42 Å². The van der Waals surface area contributed by atoms with Gasteiger partial charge >= 0.3 is 0 Å². The fraction of sp³-hybridized carbons (Fsp3) is 0.350. The van der Waals surface area contributed by atoms with Crippen LogP contribution in [0.1, 0.15) is 31.9 Å². The summed E-state index contributed by atoms with van der Waals surface area (Å²) in [6.45, 7) is 7.13. The van der Waals surface area contributed by atoms with Gasteiger partial charge in [-0.3, -0.25) is 5.41 Å². The summed E-state index contributed by atoms with van der Waals surface area (Å²) in [6, 6.07) is 12.6. The highest BCUT2D eigenvalue weighted by atomic mass is 32.2. The van der Waals surface area contributed by atoms with Crippen LogP contribution in [0.15, 0.2) is 36.4 Å². The Hall–Kier alpha value is -1.92. The predicted octanol–water partition coefficient (Wildman–Crippen LogP) is 4.35. The van der Waals surface area contributed by atoms with Gasteiger partial charge in [0.25, 0.3) is 0 Å². The molecule has 1 saturated heterocycles. The lowest BCUT2D eigenvalue weighted by Gasteiger charge is -2.43. The van der Waals surface area contributed by atoms with E-state index >= 15 is 0 Å². The molecule has 1 atom stereocenters. The molecule has 1 aliphatic rings. The highest BCUT2D eigenvalue weighted by molar-refractivity contribution is 7.93. The first-order valence-corrected chi connectivity index (χ1v) is 11.0. The molecule has 4 rings (SSSR count). The Morgan fingerprint density at radius 2 is 1.65 bits per heavy atom. The van der Waals surface area contributed by atoms with E-state index in [9.17, 15) is 8.42 Å². The third-order valence-corrected chi connectivity index (χ3v) is 9.39. The maximum atomic E-state index is 12.8. The third kappa shape index (κ3) is 2.39. The van der Waals surface area contributed by atoms with E-state index in [0.29, 0.717) is 0 Å². The van der Waals surface area contributed by atoms with Gasteiger partial charge in [0.2, 0.25) is 0 Å². The van der Waals surface area contributed by atoms with E-state index in [0.717, 1.165) is 10.9 Å². The van der Waals surface area contributed by atoms with Crippen molar-refractivity contribution < 1.29 is 8.42 Å². The Bertz CT molecular complexity index is 1180. The van der Waals surface area contributed by atoms with E-state index in [1.807, 2.05) is 13.0 Å². The predicted molar refractivity (Wildman–Crippen MR) is 110 cm³/mol. The van der Waals surface area contributed by atoms with Gasteiger partial charge in [0.05, 0.1) is 11.3 Å². The number of amidine groups is 1. The molecule has 0 bridgehead atoms. The van der Waals surface area contributed by atoms with E-state index < -0.39 is 20.1 Å². The lowest BCUT2D eigenvalue weighted by molar-refractivity contribution is 0.443. The van der Waals surface area contributed by atoms with Crippen LogP contribution in [0.4, 0.5) is 0 Å². The van der Waals surface area contributed by atoms with Crippen LogP contribution >= 0.6 is 11.3 Å². The minimum absolute atomic E-state index is 0.0258. The molecule has 2 heterocycles. The molecule has 6 heteroatoms. The van der Waals surface area contributed by atoms with E-state index in [1.165, 1.54) is 20.3 Å². The molecule has 0 radical (unpaired) electrons. The Morgan fingerprint density at radius 3 is 2.31 bits per heavy atom. The minimum Gasteiger partial charge on any atom is -0.362 e. The average Bonchev–Trinajstić information content (AvgIpc) is 2.90. The van der Waals surface area contributed by atoms with Crippen LogP contribution in [0.3, 0.4) is 0 Å². The second-order valence-corrected chi connectivity index (χ2v) is 11.5. The molecule has 1 aliphatic heterocycles. The molecule has 4 nitrogen and oxygen atoms in total. The fourth-order valence-electron chi connectivity index (χ4n) is 3.57. The Kier molecular flexibility index (Phi) is 3.57. The Balaban J connectivity index is 1.90. The maximum absolute atomic E-state index is 12.8. The topological polar surface area (TPSA) is 70.0 Å². The number of fused-ring (bicyclic) bond motifs is 3. The number of hydrogen-bond acceptors (Lipinski definition) is 4. The van der Waals surface area contributed by atoms with Crippen LogP contribution < -0.4 is 5.32 Å². The van der Waals surface area contributed by atoms with Crippen molar-refractivity contribution in [2.24, 2.45) is 0 Å². The van der Waals surface area contributed by atoms with Crippen molar-refractivity contribution in [2.45, 2.75) is 38.0 Å². The molecular formula is C20H22N2O2S2. The van der Waals surface area contributed by atoms with Crippen LogP contribution in [0.25, 0.3) is 20.2 Å². The van der Waals surface area contributed by atoms with Crippen LogP contribution in [-0.2, 0) is 15.4 Å². The minimum atomic E-state index is -3.44. The summed E-state index contributed by atoms with van der Waals surface area (Å²) in [7, 11) is -3.44. The Labute approximate surface area is 157 Å². The fourth-order valence-corrected chi connectivity index (χ4v) is 6.36. The lowest BCUT2D eigenvalue weighted by Crippen LogP contribution is -2.63. The smallest absolute Gasteiger partial charge is 0.165 e. The average molecular weight is 387 g/mol. The highest BCUT2D eigenvalue weighted by Gasteiger charge is 2.50. The van der Waals surface area contributed by atoms with Crippen molar-refractivity contribution >= 4 is 47.2 Å².